The number of rotatable bonds is 5. The number of nitrogens with one attached hydrogen (secondary N) is 1. The van der Waals surface area contributed by atoms with E-state index in [2.05, 4.69) is 33.4 Å². The van der Waals surface area contributed by atoms with Crippen LogP contribution < -0.4 is 5.32 Å². The maximum atomic E-state index is 9.51. The van der Waals surface area contributed by atoms with E-state index >= 15 is 0 Å². The van der Waals surface area contributed by atoms with Gasteiger partial charge in [0.25, 0.3) is 6.47 Å². The normalized spacial score (nSPS) is 10.4. The predicted molar refractivity (Wildman–Crippen MR) is 75.5 cm³/mol. The summed E-state index contributed by atoms with van der Waals surface area (Å²) >= 11 is 3.44. The molecule has 1 aromatic rings. The topological polar surface area (TPSA) is 69.6 Å². The van der Waals surface area contributed by atoms with Crippen molar-refractivity contribution in [3.05, 3.63) is 34.3 Å². The van der Waals surface area contributed by atoms with Crippen LogP contribution in [0, 0.1) is 0 Å². The molecule has 4 nitrogen and oxygen atoms in total. The monoisotopic (exact) mass is 317 g/mol. The lowest BCUT2D eigenvalue weighted by molar-refractivity contribution is -0.122. The molecule has 0 radical (unpaired) electrons. The van der Waals surface area contributed by atoms with E-state index in [0.29, 0.717) is 0 Å². The first-order chi connectivity index (χ1) is 8.39. The second-order valence-corrected chi connectivity index (χ2v) is 5.39. The molecule has 0 saturated carbocycles. The number of hydrogen-bond donors (Lipinski definition) is 3. The van der Waals surface area contributed by atoms with Crippen molar-refractivity contribution >= 4 is 22.4 Å². The van der Waals surface area contributed by atoms with E-state index < -0.39 is 5.60 Å². The highest BCUT2D eigenvalue weighted by Gasteiger charge is 2.10. The first-order valence-electron chi connectivity index (χ1n) is 5.64. The van der Waals surface area contributed by atoms with Crippen molar-refractivity contribution in [2.75, 3.05) is 6.54 Å². The Hall–Kier alpha value is -0.910. The Labute approximate surface area is 116 Å². The van der Waals surface area contributed by atoms with Gasteiger partial charge in [0.05, 0.1) is 5.60 Å². The van der Waals surface area contributed by atoms with Gasteiger partial charge in [-0.15, -0.1) is 0 Å². The van der Waals surface area contributed by atoms with Gasteiger partial charge in [-0.3, -0.25) is 4.79 Å². The summed E-state index contributed by atoms with van der Waals surface area (Å²) in [6.45, 7) is 5.08. The molecule has 0 spiro atoms. The maximum Gasteiger partial charge on any atom is 0.290 e. The highest BCUT2D eigenvalue weighted by molar-refractivity contribution is 9.10. The summed E-state index contributed by atoms with van der Waals surface area (Å²) in [6, 6.07) is 8.22. The van der Waals surface area contributed by atoms with Crippen LogP contribution >= 0.6 is 15.9 Å². The molecule has 102 valence electrons. The second-order valence-electron chi connectivity index (χ2n) is 4.47. The van der Waals surface area contributed by atoms with Crippen LogP contribution in [0.25, 0.3) is 0 Å². The molecule has 0 aliphatic carbocycles. The van der Waals surface area contributed by atoms with Crippen LogP contribution in [0.15, 0.2) is 28.7 Å². The summed E-state index contributed by atoms with van der Waals surface area (Å²) in [6.07, 6.45) is 0.765. The van der Waals surface area contributed by atoms with Crippen molar-refractivity contribution in [1.29, 1.82) is 0 Å². The summed E-state index contributed by atoms with van der Waals surface area (Å²) in [5.74, 6) is 0. The van der Waals surface area contributed by atoms with Crippen molar-refractivity contribution in [1.82, 2.24) is 5.32 Å². The lowest BCUT2D eigenvalue weighted by atomic mass is 10.1. The van der Waals surface area contributed by atoms with E-state index in [0.717, 1.165) is 24.0 Å². The molecule has 18 heavy (non-hydrogen) atoms. The molecule has 0 fully saturated rings. The Morgan fingerprint density at radius 3 is 2.56 bits per heavy atom. The van der Waals surface area contributed by atoms with Crippen molar-refractivity contribution in [3.8, 4) is 0 Å². The van der Waals surface area contributed by atoms with Crippen molar-refractivity contribution in [2.45, 2.75) is 32.4 Å². The molecule has 0 aromatic heterocycles. The van der Waals surface area contributed by atoms with Gasteiger partial charge in [0.1, 0.15) is 0 Å². The third-order valence-corrected chi connectivity index (χ3v) is 2.62. The minimum absolute atomic E-state index is 0.250. The van der Waals surface area contributed by atoms with Gasteiger partial charge in [0.15, 0.2) is 0 Å². The molecule has 0 heterocycles. The molecular weight excluding hydrogens is 298 g/mol. The van der Waals surface area contributed by atoms with Gasteiger partial charge in [-0.2, -0.15) is 0 Å². The fourth-order valence-corrected chi connectivity index (χ4v) is 1.72. The molecule has 0 atom stereocenters. The van der Waals surface area contributed by atoms with E-state index in [4.69, 9.17) is 9.90 Å². The number of benzene rings is 1. The highest BCUT2D eigenvalue weighted by Crippen LogP contribution is 2.11. The van der Waals surface area contributed by atoms with Gasteiger partial charge in [-0.1, -0.05) is 28.1 Å². The van der Waals surface area contributed by atoms with Crippen LogP contribution in [-0.2, 0) is 11.3 Å². The quantitative estimate of drug-likeness (QED) is 0.576. The third kappa shape index (κ3) is 10.3. The summed E-state index contributed by atoms with van der Waals surface area (Å²) in [5, 5.41) is 19.7. The number of aliphatic hydroxyl groups is 1. The second kappa shape index (κ2) is 9.08. The third-order valence-electron chi connectivity index (χ3n) is 2.13. The van der Waals surface area contributed by atoms with E-state index in [9.17, 15) is 5.11 Å². The van der Waals surface area contributed by atoms with Crippen LogP contribution in [0.3, 0.4) is 0 Å². The SMILES string of the molecule is CC(C)(O)CCNCc1cccc(Br)c1.O=CO. The Balaban J connectivity index is 0.000000873. The Bertz CT molecular complexity index is 350. The summed E-state index contributed by atoms with van der Waals surface area (Å²) < 4.78 is 1.10. The molecule has 0 unspecified atom stereocenters. The van der Waals surface area contributed by atoms with Gasteiger partial charge in [-0.05, 0) is 44.5 Å². The fourth-order valence-electron chi connectivity index (χ4n) is 1.27. The highest BCUT2D eigenvalue weighted by atomic mass is 79.9. The lowest BCUT2D eigenvalue weighted by Crippen LogP contribution is -2.26. The first-order valence-corrected chi connectivity index (χ1v) is 6.44. The van der Waals surface area contributed by atoms with E-state index in [-0.39, 0.29) is 6.47 Å². The molecule has 0 aliphatic rings. The molecule has 1 aromatic carbocycles. The van der Waals surface area contributed by atoms with Crippen LogP contribution in [-0.4, -0.2) is 28.8 Å². The average molecular weight is 318 g/mol. The van der Waals surface area contributed by atoms with Gasteiger partial charge in [-0.25, -0.2) is 0 Å². The van der Waals surface area contributed by atoms with E-state index in [1.54, 1.807) is 0 Å². The zero-order valence-electron chi connectivity index (χ0n) is 10.7. The molecule has 0 saturated heterocycles. The fraction of sp³-hybridized carbons (Fsp3) is 0.462. The minimum Gasteiger partial charge on any atom is -0.483 e. The Morgan fingerprint density at radius 1 is 1.44 bits per heavy atom. The molecule has 0 bridgehead atoms. The molecule has 5 heteroatoms. The van der Waals surface area contributed by atoms with Gasteiger partial charge >= 0.3 is 0 Å². The van der Waals surface area contributed by atoms with E-state index in [1.807, 2.05) is 26.0 Å². The summed E-state index contributed by atoms with van der Waals surface area (Å²) in [4.78, 5) is 8.36. The van der Waals surface area contributed by atoms with Gasteiger partial charge in [0.2, 0.25) is 0 Å². The van der Waals surface area contributed by atoms with Crippen LogP contribution in [0.4, 0.5) is 0 Å². The van der Waals surface area contributed by atoms with Gasteiger partial charge in [0, 0.05) is 11.0 Å². The predicted octanol–water partition coefficient (Wildman–Crippen LogP) is 2.40. The van der Waals surface area contributed by atoms with Crippen molar-refractivity contribution in [3.63, 3.8) is 0 Å². The zero-order valence-corrected chi connectivity index (χ0v) is 12.3. The summed E-state index contributed by atoms with van der Waals surface area (Å²) in [5.41, 5.74) is 0.671. The zero-order chi connectivity index (χ0) is 14.0. The Kier molecular flexibility index (Phi) is 8.62. The largest absolute Gasteiger partial charge is 0.483 e. The first kappa shape index (κ1) is 17.1. The molecule has 0 aliphatic heterocycles. The van der Waals surface area contributed by atoms with Crippen LogP contribution in [0.1, 0.15) is 25.8 Å². The number of halogens is 1. The molecule has 3 N–H and O–H groups in total. The molecule has 1 rings (SSSR count). The number of carbonyl (C=O) groups is 1. The smallest absolute Gasteiger partial charge is 0.290 e. The molecule has 0 amide bonds. The van der Waals surface area contributed by atoms with Crippen molar-refractivity contribution in [2.24, 2.45) is 0 Å². The van der Waals surface area contributed by atoms with Crippen LogP contribution in [0.5, 0.6) is 0 Å². The number of hydrogen-bond acceptors (Lipinski definition) is 3. The summed E-state index contributed by atoms with van der Waals surface area (Å²) in [7, 11) is 0. The minimum atomic E-state index is -0.579. The van der Waals surface area contributed by atoms with Crippen LogP contribution in [0.2, 0.25) is 0 Å². The molecular formula is C13H20BrNO3. The maximum absolute atomic E-state index is 9.51. The Morgan fingerprint density at radius 2 is 2.06 bits per heavy atom. The van der Waals surface area contributed by atoms with Gasteiger partial charge < -0.3 is 15.5 Å². The number of carboxylic acid groups (broad SMARTS) is 1. The van der Waals surface area contributed by atoms with E-state index in [1.165, 1.54) is 5.56 Å². The average Bonchev–Trinajstić information content (AvgIpc) is 2.24. The standard InChI is InChI=1S/C12H18BrNO.CH2O2/c1-12(2,15)6-7-14-9-10-4-3-5-11(13)8-10;2-1-3/h3-5,8,14-15H,6-7,9H2,1-2H3;1H,(H,2,3). The lowest BCUT2D eigenvalue weighted by Gasteiger charge is -2.16. The van der Waals surface area contributed by atoms with Crippen molar-refractivity contribution < 1.29 is 15.0 Å².